The Bertz CT molecular complexity index is 331. The van der Waals surface area contributed by atoms with Gasteiger partial charge in [0.15, 0.2) is 0 Å². The number of imide groups is 1. The van der Waals surface area contributed by atoms with Gasteiger partial charge < -0.3 is 0 Å². The van der Waals surface area contributed by atoms with E-state index < -0.39 is 0 Å². The first-order valence-corrected chi connectivity index (χ1v) is 5.02. The largest absolute Gasteiger partial charge is 0.296 e. The van der Waals surface area contributed by atoms with Crippen molar-refractivity contribution in [2.45, 2.75) is 18.8 Å². The molecule has 2 amide bonds. The topological polar surface area (TPSA) is 46.2 Å². The minimum absolute atomic E-state index is 0.113. The molecule has 0 spiro atoms. The number of carbonyl (C=O) groups excluding carboxylic acids is 2. The first-order valence-electron chi connectivity index (χ1n) is 4.14. The molecule has 68 valence electrons. The summed E-state index contributed by atoms with van der Waals surface area (Å²) in [6, 6.07) is 3.86. The van der Waals surface area contributed by atoms with Crippen LogP contribution in [0.25, 0.3) is 0 Å². The second-order valence-electron chi connectivity index (χ2n) is 3.02. The minimum Gasteiger partial charge on any atom is -0.296 e. The first kappa shape index (κ1) is 8.44. The van der Waals surface area contributed by atoms with Crippen LogP contribution in [0.15, 0.2) is 17.5 Å². The highest BCUT2D eigenvalue weighted by Gasteiger charge is 2.28. The third-order valence-electron chi connectivity index (χ3n) is 2.13. The van der Waals surface area contributed by atoms with Gasteiger partial charge in [0.05, 0.1) is 5.92 Å². The van der Waals surface area contributed by atoms with E-state index >= 15 is 0 Å². The predicted molar refractivity (Wildman–Crippen MR) is 49.4 cm³/mol. The van der Waals surface area contributed by atoms with Gasteiger partial charge in [0.1, 0.15) is 0 Å². The quantitative estimate of drug-likeness (QED) is 0.686. The number of hydrogen-bond acceptors (Lipinski definition) is 3. The molecular weight excluding hydrogens is 186 g/mol. The van der Waals surface area contributed by atoms with Crippen molar-refractivity contribution in [2.75, 3.05) is 0 Å². The Morgan fingerprint density at radius 1 is 1.46 bits per heavy atom. The van der Waals surface area contributed by atoms with Gasteiger partial charge in [-0.2, -0.15) is 0 Å². The van der Waals surface area contributed by atoms with Crippen LogP contribution in [0.4, 0.5) is 0 Å². The van der Waals surface area contributed by atoms with Gasteiger partial charge in [0.2, 0.25) is 11.8 Å². The zero-order valence-corrected chi connectivity index (χ0v) is 7.76. The Morgan fingerprint density at radius 3 is 2.92 bits per heavy atom. The Hall–Kier alpha value is -1.16. The van der Waals surface area contributed by atoms with Crippen molar-refractivity contribution in [3.05, 3.63) is 22.4 Å². The molecule has 1 N–H and O–H groups in total. The molecule has 13 heavy (non-hydrogen) atoms. The van der Waals surface area contributed by atoms with Gasteiger partial charge in [0.25, 0.3) is 0 Å². The monoisotopic (exact) mass is 195 g/mol. The van der Waals surface area contributed by atoms with Crippen LogP contribution in [0.2, 0.25) is 0 Å². The Morgan fingerprint density at radius 2 is 2.31 bits per heavy atom. The Balaban J connectivity index is 2.17. The fraction of sp³-hybridized carbons (Fsp3) is 0.333. The van der Waals surface area contributed by atoms with Gasteiger partial charge in [-0.1, -0.05) is 6.07 Å². The van der Waals surface area contributed by atoms with Crippen LogP contribution in [-0.2, 0) is 9.59 Å². The van der Waals surface area contributed by atoms with E-state index in [-0.39, 0.29) is 17.7 Å². The third-order valence-corrected chi connectivity index (χ3v) is 3.11. The molecule has 0 bridgehead atoms. The number of piperidine rings is 1. The summed E-state index contributed by atoms with van der Waals surface area (Å²) in [5.74, 6) is -0.422. The highest BCUT2D eigenvalue weighted by atomic mass is 32.1. The summed E-state index contributed by atoms with van der Waals surface area (Å²) in [5.41, 5.74) is 0. The molecule has 3 nitrogen and oxygen atoms in total. The number of carbonyl (C=O) groups is 2. The maximum absolute atomic E-state index is 11.4. The van der Waals surface area contributed by atoms with Gasteiger partial charge >= 0.3 is 0 Å². The SMILES string of the molecule is O=C1CCC(c2cccs2)C(=O)N1. The van der Waals surface area contributed by atoms with Crippen LogP contribution >= 0.6 is 11.3 Å². The lowest BCUT2D eigenvalue weighted by Gasteiger charge is -2.19. The molecule has 0 saturated carbocycles. The van der Waals surface area contributed by atoms with Crippen LogP contribution in [0, 0.1) is 0 Å². The molecule has 1 fully saturated rings. The van der Waals surface area contributed by atoms with Crippen LogP contribution in [0.1, 0.15) is 23.6 Å². The molecule has 1 unspecified atom stereocenters. The van der Waals surface area contributed by atoms with Gasteiger partial charge in [-0.15, -0.1) is 11.3 Å². The molecule has 1 aliphatic rings. The van der Waals surface area contributed by atoms with Crippen LogP contribution in [-0.4, -0.2) is 11.8 Å². The average molecular weight is 195 g/mol. The second-order valence-corrected chi connectivity index (χ2v) is 4.00. The first-order chi connectivity index (χ1) is 6.27. The van der Waals surface area contributed by atoms with E-state index in [0.29, 0.717) is 12.8 Å². The highest BCUT2D eigenvalue weighted by molar-refractivity contribution is 7.10. The molecule has 2 heterocycles. The number of thiophene rings is 1. The summed E-state index contributed by atoms with van der Waals surface area (Å²) < 4.78 is 0. The van der Waals surface area contributed by atoms with Crippen molar-refractivity contribution >= 4 is 23.2 Å². The summed E-state index contributed by atoms with van der Waals surface area (Å²) in [6.45, 7) is 0. The highest BCUT2D eigenvalue weighted by Crippen LogP contribution is 2.27. The molecule has 1 saturated heterocycles. The Labute approximate surface area is 79.8 Å². The maximum Gasteiger partial charge on any atom is 0.234 e. The normalized spacial score (nSPS) is 22.9. The molecule has 1 aromatic rings. The van der Waals surface area contributed by atoms with Crippen LogP contribution < -0.4 is 5.32 Å². The third kappa shape index (κ3) is 1.62. The zero-order chi connectivity index (χ0) is 9.26. The van der Waals surface area contributed by atoms with Crippen molar-refractivity contribution in [1.29, 1.82) is 0 Å². The molecule has 1 aliphatic heterocycles. The fourth-order valence-electron chi connectivity index (χ4n) is 1.45. The molecule has 0 radical (unpaired) electrons. The molecule has 0 aliphatic carbocycles. The van der Waals surface area contributed by atoms with E-state index in [1.807, 2.05) is 17.5 Å². The van der Waals surface area contributed by atoms with Crippen LogP contribution in [0.3, 0.4) is 0 Å². The fourth-order valence-corrected chi connectivity index (χ4v) is 2.32. The molecule has 1 aromatic heterocycles. The van der Waals surface area contributed by atoms with Gasteiger partial charge in [0, 0.05) is 11.3 Å². The van der Waals surface area contributed by atoms with E-state index in [4.69, 9.17) is 0 Å². The van der Waals surface area contributed by atoms with E-state index in [1.165, 1.54) is 0 Å². The van der Waals surface area contributed by atoms with Crippen molar-refractivity contribution in [1.82, 2.24) is 5.32 Å². The molecule has 2 rings (SSSR count). The predicted octanol–water partition coefficient (Wildman–Crippen LogP) is 1.27. The second kappa shape index (κ2) is 3.30. The lowest BCUT2D eigenvalue weighted by molar-refractivity contribution is -0.134. The number of hydrogen-bond donors (Lipinski definition) is 1. The van der Waals surface area contributed by atoms with E-state index in [9.17, 15) is 9.59 Å². The molecule has 1 atom stereocenters. The van der Waals surface area contributed by atoms with Gasteiger partial charge in [-0.05, 0) is 17.9 Å². The number of amides is 2. The van der Waals surface area contributed by atoms with E-state index in [1.54, 1.807) is 11.3 Å². The summed E-state index contributed by atoms with van der Waals surface area (Å²) in [4.78, 5) is 23.3. The van der Waals surface area contributed by atoms with Crippen molar-refractivity contribution in [3.8, 4) is 0 Å². The minimum atomic E-state index is -0.155. The van der Waals surface area contributed by atoms with Gasteiger partial charge in [-0.3, -0.25) is 14.9 Å². The van der Waals surface area contributed by atoms with Crippen molar-refractivity contribution in [2.24, 2.45) is 0 Å². The summed E-state index contributed by atoms with van der Waals surface area (Å²) >= 11 is 1.56. The summed E-state index contributed by atoms with van der Waals surface area (Å²) in [5, 5.41) is 4.29. The van der Waals surface area contributed by atoms with E-state index in [2.05, 4.69) is 5.32 Å². The standard InChI is InChI=1S/C9H9NO2S/c11-8-4-3-6(9(12)10-8)7-2-1-5-13-7/h1-2,5-6H,3-4H2,(H,10,11,12). The average Bonchev–Trinajstić information content (AvgIpc) is 2.56. The van der Waals surface area contributed by atoms with Crippen molar-refractivity contribution < 1.29 is 9.59 Å². The number of nitrogens with one attached hydrogen (secondary N) is 1. The summed E-state index contributed by atoms with van der Waals surface area (Å²) in [7, 11) is 0. The van der Waals surface area contributed by atoms with Gasteiger partial charge in [-0.25, -0.2) is 0 Å². The maximum atomic E-state index is 11.4. The molecule has 4 heteroatoms. The molecule has 0 aromatic carbocycles. The van der Waals surface area contributed by atoms with E-state index in [0.717, 1.165) is 4.88 Å². The number of rotatable bonds is 1. The lowest BCUT2D eigenvalue weighted by atomic mass is 9.97. The zero-order valence-electron chi connectivity index (χ0n) is 6.95. The Kier molecular flexibility index (Phi) is 2.14. The molecular formula is C9H9NO2S. The lowest BCUT2D eigenvalue weighted by Crippen LogP contribution is -2.39. The summed E-state index contributed by atoms with van der Waals surface area (Å²) in [6.07, 6.45) is 1.10. The smallest absolute Gasteiger partial charge is 0.234 e. The van der Waals surface area contributed by atoms with Crippen molar-refractivity contribution in [3.63, 3.8) is 0 Å². The van der Waals surface area contributed by atoms with Crippen LogP contribution in [0.5, 0.6) is 0 Å².